The Hall–Kier alpha value is -1.93. The van der Waals surface area contributed by atoms with Gasteiger partial charge in [0.1, 0.15) is 9.88 Å². The Morgan fingerprint density at radius 2 is 1.71 bits per heavy atom. The average molecular weight is 314 g/mol. The number of methoxy groups -OCH3 is 2. The van der Waals surface area contributed by atoms with Crippen molar-refractivity contribution in [1.82, 2.24) is 4.90 Å². The van der Waals surface area contributed by atoms with Gasteiger partial charge in [-0.1, -0.05) is 0 Å². The maximum atomic E-state index is 11.9. The molecule has 0 aliphatic carbocycles. The Labute approximate surface area is 126 Å². The van der Waals surface area contributed by atoms with Gasteiger partial charge in [-0.05, 0) is 26.6 Å². The maximum absolute atomic E-state index is 11.9. The van der Waals surface area contributed by atoms with Gasteiger partial charge in [-0.3, -0.25) is 4.79 Å². The first-order valence-electron chi connectivity index (χ1n) is 6.06. The molecule has 0 radical (unpaired) electrons. The van der Waals surface area contributed by atoms with Crippen LogP contribution in [0, 0.1) is 6.92 Å². The summed E-state index contributed by atoms with van der Waals surface area (Å²) in [7, 11) is 5.99. The van der Waals surface area contributed by atoms with E-state index in [0.29, 0.717) is 5.56 Å². The Morgan fingerprint density at radius 1 is 1.14 bits per heavy atom. The molecule has 7 nitrogen and oxygen atoms in total. The van der Waals surface area contributed by atoms with Crippen LogP contribution in [0.2, 0.25) is 0 Å². The van der Waals surface area contributed by atoms with Gasteiger partial charge < -0.3 is 19.7 Å². The molecule has 21 heavy (non-hydrogen) atoms. The van der Waals surface area contributed by atoms with Gasteiger partial charge in [0, 0.05) is 0 Å². The van der Waals surface area contributed by atoms with Gasteiger partial charge in [0.25, 0.3) is 0 Å². The van der Waals surface area contributed by atoms with Crippen LogP contribution in [0.1, 0.15) is 25.6 Å². The average Bonchev–Trinajstić information content (AvgIpc) is 2.72. The Morgan fingerprint density at radius 3 is 2.19 bits per heavy atom. The highest BCUT2D eigenvalue weighted by Gasteiger charge is 2.26. The van der Waals surface area contributed by atoms with E-state index in [1.807, 2.05) is 0 Å². The molecule has 116 valence electrons. The summed E-state index contributed by atoms with van der Waals surface area (Å²) in [5.41, 5.74) is 0.605. The van der Waals surface area contributed by atoms with Gasteiger partial charge in [-0.25, -0.2) is 9.59 Å². The van der Waals surface area contributed by atoms with Crippen molar-refractivity contribution in [2.45, 2.75) is 6.92 Å². The minimum Gasteiger partial charge on any atom is -0.465 e. The summed E-state index contributed by atoms with van der Waals surface area (Å²) in [6.07, 6.45) is 0. The van der Waals surface area contributed by atoms with Crippen LogP contribution in [-0.2, 0) is 14.3 Å². The third kappa shape index (κ3) is 4.02. The lowest BCUT2D eigenvalue weighted by atomic mass is 10.1. The van der Waals surface area contributed by atoms with Crippen molar-refractivity contribution in [2.75, 3.05) is 40.2 Å². The molecule has 0 spiro atoms. The molecule has 1 aromatic rings. The Balaban J connectivity index is 3.20. The number of esters is 2. The molecule has 0 aliphatic heterocycles. The number of carbonyl (C=O) groups excluding carboxylic acids is 3. The predicted octanol–water partition coefficient (Wildman–Crippen LogP) is 1.13. The van der Waals surface area contributed by atoms with Crippen LogP contribution in [0.15, 0.2) is 0 Å². The number of ether oxygens (including phenoxy) is 2. The quantitative estimate of drug-likeness (QED) is 0.820. The molecular weight excluding hydrogens is 296 g/mol. The summed E-state index contributed by atoms with van der Waals surface area (Å²) in [5.74, 6) is -1.46. The number of nitrogens with zero attached hydrogens (tertiary/aromatic N) is 1. The number of carbonyl (C=O) groups is 3. The zero-order chi connectivity index (χ0) is 16.2. The number of rotatable bonds is 5. The van der Waals surface area contributed by atoms with E-state index in [4.69, 9.17) is 4.74 Å². The molecule has 1 amide bonds. The lowest BCUT2D eigenvalue weighted by molar-refractivity contribution is -0.116. The highest BCUT2D eigenvalue weighted by Crippen LogP contribution is 2.34. The van der Waals surface area contributed by atoms with Crippen molar-refractivity contribution in [3.8, 4) is 0 Å². The molecule has 0 aliphatic rings. The SMILES string of the molecule is COC(=O)c1sc(NC(=O)CN(C)C)c(C(=O)OC)c1C. The summed E-state index contributed by atoms with van der Waals surface area (Å²) >= 11 is 0.992. The Bertz CT molecular complexity index is 565. The fraction of sp³-hybridized carbons (Fsp3) is 0.462. The molecule has 1 aromatic heterocycles. The first kappa shape index (κ1) is 17.1. The summed E-state index contributed by atoms with van der Waals surface area (Å²) < 4.78 is 9.37. The monoisotopic (exact) mass is 314 g/mol. The van der Waals surface area contributed by atoms with Gasteiger partial charge in [0.15, 0.2) is 0 Å². The van der Waals surface area contributed by atoms with Gasteiger partial charge >= 0.3 is 11.9 Å². The van der Waals surface area contributed by atoms with Crippen LogP contribution in [0.5, 0.6) is 0 Å². The number of likely N-dealkylation sites (N-methyl/N-ethyl adjacent to an activating group) is 1. The highest BCUT2D eigenvalue weighted by atomic mass is 32.1. The second-order valence-electron chi connectivity index (χ2n) is 4.53. The van der Waals surface area contributed by atoms with Crippen molar-refractivity contribution < 1.29 is 23.9 Å². The van der Waals surface area contributed by atoms with E-state index in [2.05, 4.69) is 10.1 Å². The summed E-state index contributed by atoms with van der Waals surface area (Å²) in [6, 6.07) is 0. The number of nitrogens with one attached hydrogen (secondary N) is 1. The summed E-state index contributed by atoms with van der Waals surface area (Å²) in [6.45, 7) is 1.77. The largest absolute Gasteiger partial charge is 0.465 e. The van der Waals surface area contributed by atoms with Crippen LogP contribution in [0.4, 0.5) is 5.00 Å². The van der Waals surface area contributed by atoms with Gasteiger partial charge in [0.05, 0.1) is 26.3 Å². The second-order valence-corrected chi connectivity index (χ2v) is 5.55. The number of anilines is 1. The molecule has 0 saturated carbocycles. The highest BCUT2D eigenvalue weighted by molar-refractivity contribution is 7.18. The first-order valence-corrected chi connectivity index (χ1v) is 6.88. The van der Waals surface area contributed by atoms with Crippen molar-refractivity contribution >= 4 is 34.2 Å². The van der Waals surface area contributed by atoms with E-state index >= 15 is 0 Å². The topological polar surface area (TPSA) is 84.9 Å². The van der Waals surface area contributed by atoms with E-state index < -0.39 is 11.9 Å². The molecule has 0 saturated heterocycles. The van der Waals surface area contributed by atoms with E-state index in [0.717, 1.165) is 11.3 Å². The van der Waals surface area contributed by atoms with Crippen LogP contribution in [-0.4, -0.2) is 57.6 Å². The molecule has 0 atom stereocenters. The lowest BCUT2D eigenvalue weighted by Crippen LogP contribution is -2.27. The predicted molar refractivity (Wildman–Crippen MR) is 78.9 cm³/mol. The number of hydrogen-bond acceptors (Lipinski definition) is 7. The number of amides is 1. The maximum Gasteiger partial charge on any atom is 0.348 e. The zero-order valence-corrected chi connectivity index (χ0v) is 13.4. The third-order valence-electron chi connectivity index (χ3n) is 2.62. The number of thiophene rings is 1. The standard InChI is InChI=1S/C13H18N2O5S/c1-7-9(12(17)19-4)11(14-8(16)6-15(2)3)21-10(7)13(18)20-5/h6H2,1-5H3,(H,14,16). The van der Waals surface area contributed by atoms with E-state index in [-0.39, 0.29) is 27.9 Å². The van der Waals surface area contributed by atoms with Crippen molar-refractivity contribution in [3.63, 3.8) is 0 Å². The zero-order valence-electron chi connectivity index (χ0n) is 12.6. The van der Waals surface area contributed by atoms with E-state index in [1.54, 1.807) is 25.9 Å². The van der Waals surface area contributed by atoms with Crippen LogP contribution >= 0.6 is 11.3 Å². The number of hydrogen-bond donors (Lipinski definition) is 1. The fourth-order valence-electron chi connectivity index (χ4n) is 1.69. The molecule has 1 rings (SSSR count). The van der Waals surface area contributed by atoms with Gasteiger partial charge in [-0.2, -0.15) is 0 Å². The molecule has 0 aromatic carbocycles. The molecule has 0 unspecified atom stereocenters. The van der Waals surface area contributed by atoms with E-state index in [1.165, 1.54) is 14.2 Å². The first-order chi connectivity index (χ1) is 9.81. The second kappa shape index (κ2) is 7.19. The molecular formula is C13H18N2O5S. The molecule has 0 bridgehead atoms. The van der Waals surface area contributed by atoms with Crippen molar-refractivity contribution in [3.05, 3.63) is 16.0 Å². The Kier molecular flexibility index (Phi) is 5.86. The third-order valence-corrected chi connectivity index (χ3v) is 3.81. The molecule has 8 heteroatoms. The fourth-order valence-corrected chi connectivity index (χ4v) is 2.82. The smallest absolute Gasteiger partial charge is 0.348 e. The summed E-state index contributed by atoms with van der Waals surface area (Å²) in [5, 5.41) is 2.91. The normalized spacial score (nSPS) is 10.4. The minimum atomic E-state index is -0.612. The van der Waals surface area contributed by atoms with Crippen LogP contribution in [0.3, 0.4) is 0 Å². The van der Waals surface area contributed by atoms with Crippen LogP contribution < -0.4 is 5.32 Å². The van der Waals surface area contributed by atoms with Crippen molar-refractivity contribution in [2.24, 2.45) is 0 Å². The summed E-state index contributed by atoms with van der Waals surface area (Å²) in [4.78, 5) is 37.3. The minimum absolute atomic E-state index is 0.158. The molecule has 1 N–H and O–H groups in total. The van der Waals surface area contributed by atoms with Gasteiger partial charge in [-0.15, -0.1) is 11.3 Å². The van der Waals surface area contributed by atoms with Crippen molar-refractivity contribution in [1.29, 1.82) is 0 Å². The van der Waals surface area contributed by atoms with Gasteiger partial charge in [0.2, 0.25) is 5.91 Å². The molecule has 1 heterocycles. The molecule has 0 fully saturated rings. The van der Waals surface area contributed by atoms with Crippen LogP contribution in [0.25, 0.3) is 0 Å². The lowest BCUT2D eigenvalue weighted by Gasteiger charge is -2.10. The van der Waals surface area contributed by atoms with E-state index in [9.17, 15) is 14.4 Å².